The molecule has 0 unspecified atom stereocenters. The minimum absolute atomic E-state index is 0. The van der Waals surface area contributed by atoms with Crippen molar-refractivity contribution >= 4 is 34.3 Å². The van der Waals surface area contributed by atoms with Crippen molar-refractivity contribution in [3.8, 4) is 0 Å². The smallest absolute Gasteiger partial charge is 0.411 e. The van der Waals surface area contributed by atoms with Gasteiger partial charge in [-0.2, -0.15) is 0 Å². The van der Waals surface area contributed by atoms with E-state index in [1.54, 1.807) is 0 Å². The Kier molecular flexibility index (Phi) is 15.6. The third-order valence-corrected chi connectivity index (χ3v) is 4.96. The van der Waals surface area contributed by atoms with E-state index in [0.29, 0.717) is 34.3 Å². The van der Waals surface area contributed by atoms with Crippen LogP contribution in [-0.4, -0.2) is 65.5 Å². The van der Waals surface area contributed by atoms with E-state index in [9.17, 15) is 0 Å². The first kappa shape index (κ1) is 28.3. The summed E-state index contributed by atoms with van der Waals surface area (Å²) in [5.74, 6) is 0. The molecule has 0 radical (unpaired) electrons. The predicted octanol–water partition coefficient (Wildman–Crippen LogP) is 3.66. The van der Waals surface area contributed by atoms with Gasteiger partial charge in [-0.1, -0.05) is 30.9 Å². The number of hydrogen-bond acceptors (Lipinski definition) is 12. The third-order valence-electron chi connectivity index (χ3n) is 4.96. The summed E-state index contributed by atoms with van der Waals surface area (Å²) in [6.45, 7) is 0. The molecule has 12 nitrogen and oxygen atoms in total. The fraction of sp³-hybridized carbons (Fsp3) is 0.667. The van der Waals surface area contributed by atoms with E-state index in [1.807, 2.05) is 0 Å². The van der Waals surface area contributed by atoms with Crippen molar-refractivity contribution in [1.82, 2.24) is 0 Å². The standard InChI is InChI=1S/3C6H10N2O2.Fe/c3*9-7-5-3-1-2-4-6(5)8-10;/h3*9-10H,1-4H2;/q;;;+2/b3*7-5+,8-6+;. The average molecular weight is 482 g/mol. The van der Waals surface area contributed by atoms with Crippen LogP contribution in [-0.2, 0) is 17.1 Å². The molecule has 0 heterocycles. The molecule has 3 saturated carbocycles. The first-order valence-electron chi connectivity index (χ1n) is 9.91. The van der Waals surface area contributed by atoms with E-state index >= 15 is 0 Å². The molecule has 0 aromatic rings. The van der Waals surface area contributed by atoms with Crippen LogP contribution in [0.25, 0.3) is 0 Å². The Hall–Kier alpha value is -2.66. The molecule has 3 fully saturated rings. The molecular formula is C18H30FeN6O6+2. The van der Waals surface area contributed by atoms with Gasteiger partial charge < -0.3 is 31.2 Å². The second kappa shape index (κ2) is 17.1. The predicted molar refractivity (Wildman–Crippen MR) is 111 cm³/mol. The Balaban J connectivity index is 0.000000429. The summed E-state index contributed by atoms with van der Waals surface area (Å²) < 4.78 is 0. The molecule has 6 N–H and O–H groups in total. The van der Waals surface area contributed by atoms with Crippen LogP contribution in [0.3, 0.4) is 0 Å². The molecule has 0 bridgehead atoms. The minimum atomic E-state index is 0. The van der Waals surface area contributed by atoms with Crippen molar-refractivity contribution in [2.45, 2.75) is 77.0 Å². The van der Waals surface area contributed by atoms with E-state index in [1.165, 1.54) is 0 Å². The van der Waals surface area contributed by atoms with Gasteiger partial charge in [-0.3, -0.25) is 0 Å². The molecule has 3 aliphatic carbocycles. The fourth-order valence-corrected chi connectivity index (χ4v) is 3.27. The van der Waals surface area contributed by atoms with E-state index in [2.05, 4.69) is 30.9 Å². The van der Waals surface area contributed by atoms with Gasteiger partial charge in [0.2, 0.25) is 0 Å². The van der Waals surface area contributed by atoms with Gasteiger partial charge in [0.1, 0.15) is 34.3 Å². The van der Waals surface area contributed by atoms with Crippen LogP contribution >= 0.6 is 0 Å². The Labute approximate surface area is 190 Å². The van der Waals surface area contributed by atoms with Gasteiger partial charge in [-0.05, 0) is 77.0 Å². The molecule has 174 valence electrons. The maximum absolute atomic E-state index is 8.39. The summed E-state index contributed by atoms with van der Waals surface area (Å²) >= 11 is 0. The molecule has 3 aliphatic rings. The van der Waals surface area contributed by atoms with Gasteiger partial charge in [0, 0.05) is 0 Å². The maximum atomic E-state index is 8.39. The third kappa shape index (κ3) is 9.79. The van der Waals surface area contributed by atoms with E-state index in [-0.39, 0.29) is 17.1 Å². The number of nitrogens with zero attached hydrogens (tertiary/aromatic N) is 6. The molecule has 0 spiro atoms. The van der Waals surface area contributed by atoms with Crippen LogP contribution in [0.5, 0.6) is 0 Å². The van der Waals surface area contributed by atoms with Gasteiger partial charge >= 0.3 is 17.1 Å². The van der Waals surface area contributed by atoms with Crippen LogP contribution in [0.15, 0.2) is 30.9 Å². The summed E-state index contributed by atoms with van der Waals surface area (Å²) in [6.07, 6.45) is 10.4. The fourth-order valence-electron chi connectivity index (χ4n) is 3.27. The molecule has 0 aromatic heterocycles. The Morgan fingerprint density at radius 1 is 0.323 bits per heavy atom. The van der Waals surface area contributed by atoms with Crippen molar-refractivity contribution in [3.63, 3.8) is 0 Å². The molecule has 0 aliphatic heterocycles. The first-order chi connectivity index (χ1) is 14.6. The van der Waals surface area contributed by atoms with Crippen molar-refractivity contribution < 1.29 is 48.3 Å². The number of rotatable bonds is 0. The van der Waals surface area contributed by atoms with E-state index in [4.69, 9.17) is 31.2 Å². The SMILES string of the molecule is O/N=C1\CCCC\C1=N/O.O/N=C1\CCCC\C1=N/O.O/N=C1\CCCC\C1=N/O.[Fe+2]. The summed E-state index contributed by atoms with van der Waals surface area (Å²) in [5, 5.41) is 68.5. The molecule has 0 atom stereocenters. The van der Waals surface area contributed by atoms with Crippen LogP contribution in [0, 0.1) is 0 Å². The minimum Gasteiger partial charge on any atom is -0.411 e. The van der Waals surface area contributed by atoms with E-state index < -0.39 is 0 Å². The maximum Gasteiger partial charge on any atom is 2.00 e. The Bertz CT molecular complexity index is 565. The Morgan fingerprint density at radius 2 is 0.452 bits per heavy atom. The second-order valence-corrected chi connectivity index (χ2v) is 6.90. The van der Waals surface area contributed by atoms with Crippen LogP contribution in [0.4, 0.5) is 0 Å². The normalized spacial score (nSPS) is 26.7. The molecule has 3 rings (SSSR count). The Morgan fingerprint density at radius 3 is 0.548 bits per heavy atom. The quantitative estimate of drug-likeness (QED) is 0.173. The van der Waals surface area contributed by atoms with Gasteiger partial charge in [0.25, 0.3) is 0 Å². The van der Waals surface area contributed by atoms with Crippen LogP contribution < -0.4 is 0 Å². The first-order valence-corrected chi connectivity index (χ1v) is 9.91. The summed E-state index contributed by atoms with van der Waals surface area (Å²) in [4.78, 5) is 0. The zero-order valence-electron chi connectivity index (χ0n) is 17.2. The molecule has 31 heavy (non-hydrogen) atoms. The topological polar surface area (TPSA) is 196 Å². The van der Waals surface area contributed by atoms with E-state index in [0.717, 1.165) is 77.0 Å². The van der Waals surface area contributed by atoms with Gasteiger partial charge in [0.15, 0.2) is 0 Å². The van der Waals surface area contributed by atoms with Crippen molar-refractivity contribution in [2.75, 3.05) is 0 Å². The summed E-state index contributed by atoms with van der Waals surface area (Å²) in [7, 11) is 0. The molecule has 0 amide bonds. The van der Waals surface area contributed by atoms with Crippen molar-refractivity contribution in [3.05, 3.63) is 0 Å². The van der Waals surface area contributed by atoms with Crippen molar-refractivity contribution in [1.29, 1.82) is 0 Å². The zero-order chi connectivity index (χ0) is 22.2. The average Bonchev–Trinajstić information content (AvgIpc) is 2.84. The molecule has 0 aromatic carbocycles. The van der Waals surface area contributed by atoms with Gasteiger partial charge in [-0.25, -0.2) is 0 Å². The molecular weight excluding hydrogens is 452 g/mol. The van der Waals surface area contributed by atoms with Crippen LogP contribution in [0.2, 0.25) is 0 Å². The van der Waals surface area contributed by atoms with Crippen LogP contribution in [0.1, 0.15) is 77.0 Å². The summed E-state index contributed by atoms with van der Waals surface area (Å²) in [5.41, 5.74) is 3.13. The monoisotopic (exact) mass is 482 g/mol. The molecule has 0 saturated heterocycles. The largest absolute Gasteiger partial charge is 2.00 e. The number of hydrogen-bond donors (Lipinski definition) is 6. The molecule has 13 heteroatoms. The summed E-state index contributed by atoms with van der Waals surface area (Å²) in [6, 6.07) is 0. The van der Waals surface area contributed by atoms with Gasteiger partial charge in [-0.15, -0.1) is 0 Å². The van der Waals surface area contributed by atoms with Crippen molar-refractivity contribution in [2.24, 2.45) is 30.9 Å². The number of oxime groups is 6. The second-order valence-electron chi connectivity index (χ2n) is 6.90. The zero-order valence-corrected chi connectivity index (χ0v) is 18.3. The van der Waals surface area contributed by atoms with Gasteiger partial charge in [0.05, 0.1) is 0 Å².